The van der Waals surface area contributed by atoms with Crippen molar-refractivity contribution >= 4 is 21.6 Å². The molecule has 0 atom stereocenters. The Balaban J connectivity index is 1.92. The number of nitrogens with one attached hydrogen (secondary N) is 1. The van der Waals surface area contributed by atoms with Gasteiger partial charge >= 0.3 is 0 Å². The summed E-state index contributed by atoms with van der Waals surface area (Å²) in [7, 11) is -0.756. The SMILES string of the molecule is CN(C)S(=O)(=O)c1ccc(N2CCCCC2)c(C(=O)NCc2cccc(F)c2)c1. The number of carbonyl (C=O) groups excluding carboxylic acids is 1. The molecule has 0 aromatic heterocycles. The monoisotopic (exact) mass is 419 g/mol. The molecule has 1 aliphatic heterocycles. The number of anilines is 1. The first-order valence-corrected chi connectivity index (χ1v) is 11.1. The summed E-state index contributed by atoms with van der Waals surface area (Å²) in [6.45, 7) is 1.80. The predicted octanol–water partition coefficient (Wildman–Crippen LogP) is 3.00. The van der Waals surface area contributed by atoms with Gasteiger partial charge in [-0.25, -0.2) is 17.1 Å². The van der Waals surface area contributed by atoms with E-state index in [4.69, 9.17) is 0 Å². The topological polar surface area (TPSA) is 69.7 Å². The Morgan fingerprint density at radius 1 is 1.10 bits per heavy atom. The van der Waals surface area contributed by atoms with Crippen LogP contribution in [0.1, 0.15) is 35.2 Å². The van der Waals surface area contributed by atoms with E-state index in [0.29, 0.717) is 11.1 Å². The summed E-state index contributed by atoms with van der Waals surface area (Å²) in [6, 6.07) is 10.7. The molecular weight excluding hydrogens is 393 g/mol. The highest BCUT2D eigenvalue weighted by Gasteiger charge is 2.24. The van der Waals surface area contributed by atoms with Crippen LogP contribution < -0.4 is 10.2 Å². The maximum absolute atomic E-state index is 13.4. The van der Waals surface area contributed by atoms with E-state index in [-0.39, 0.29) is 23.2 Å². The zero-order valence-electron chi connectivity index (χ0n) is 16.7. The molecule has 0 unspecified atom stereocenters. The predicted molar refractivity (Wildman–Crippen MR) is 111 cm³/mol. The van der Waals surface area contributed by atoms with E-state index in [0.717, 1.165) is 42.3 Å². The molecule has 1 fully saturated rings. The van der Waals surface area contributed by atoms with Crippen LogP contribution >= 0.6 is 0 Å². The van der Waals surface area contributed by atoms with Crippen molar-refractivity contribution < 1.29 is 17.6 Å². The van der Waals surface area contributed by atoms with Gasteiger partial charge in [-0.2, -0.15) is 0 Å². The summed E-state index contributed by atoms with van der Waals surface area (Å²) in [4.78, 5) is 15.2. The van der Waals surface area contributed by atoms with Crippen LogP contribution in [0.15, 0.2) is 47.4 Å². The van der Waals surface area contributed by atoms with Crippen molar-refractivity contribution in [2.45, 2.75) is 30.7 Å². The minimum atomic E-state index is -3.67. The van der Waals surface area contributed by atoms with Crippen LogP contribution in [-0.4, -0.2) is 45.8 Å². The number of carbonyl (C=O) groups is 1. The molecule has 2 aromatic rings. The van der Waals surface area contributed by atoms with Gasteiger partial charge in [0.15, 0.2) is 0 Å². The normalized spacial score (nSPS) is 14.8. The van der Waals surface area contributed by atoms with E-state index in [2.05, 4.69) is 10.2 Å². The van der Waals surface area contributed by atoms with Crippen LogP contribution in [0, 0.1) is 5.82 Å². The average molecular weight is 420 g/mol. The Kier molecular flexibility index (Phi) is 6.54. The second-order valence-corrected chi connectivity index (χ2v) is 9.48. The molecule has 0 spiro atoms. The molecule has 0 radical (unpaired) electrons. The summed E-state index contributed by atoms with van der Waals surface area (Å²) < 4.78 is 39.6. The van der Waals surface area contributed by atoms with Gasteiger partial charge in [-0.1, -0.05) is 12.1 Å². The summed E-state index contributed by atoms with van der Waals surface area (Å²) >= 11 is 0. The lowest BCUT2D eigenvalue weighted by Crippen LogP contribution is -2.33. The fraction of sp³-hybridized carbons (Fsp3) is 0.381. The van der Waals surface area contributed by atoms with Crippen molar-refractivity contribution in [2.75, 3.05) is 32.1 Å². The zero-order valence-corrected chi connectivity index (χ0v) is 17.5. The molecule has 3 rings (SSSR count). The number of piperidine rings is 1. The number of hydrogen-bond acceptors (Lipinski definition) is 4. The van der Waals surface area contributed by atoms with E-state index < -0.39 is 10.0 Å². The maximum atomic E-state index is 13.4. The Morgan fingerprint density at radius 2 is 1.83 bits per heavy atom. The molecule has 0 bridgehead atoms. The molecule has 0 aliphatic carbocycles. The van der Waals surface area contributed by atoms with Crippen molar-refractivity contribution in [3.8, 4) is 0 Å². The molecule has 1 saturated heterocycles. The minimum absolute atomic E-state index is 0.0687. The van der Waals surface area contributed by atoms with E-state index >= 15 is 0 Å². The van der Waals surface area contributed by atoms with Crippen molar-refractivity contribution in [2.24, 2.45) is 0 Å². The van der Waals surface area contributed by atoms with Gasteiger partial charge in [-0.3, -0.25) is 4.79 Å². The molecule has 1 N–H and O–H groups in total. The number of benzene rings is 2. The Labute approximate surface area is 171 Å². The van der Waals surface area contributed by atoms with Gasteiger partial charge in [0.2, 0.25) is 10.0 Å². The molecule has 8 heteroatoms. The standard InChI is InChI=1S/C21H26FN3O3S/c1-24(2)29(27,28)18-9-10-20(25-11-4-3-5-12-25)19(14-18)21(26)23-15-16-7-6-8-17(22)13-16/h6-10,13-14H,3-5,11-12,15H2,1-2H3,(H,23,26). The molecule has 156 valence electrons. The number of hydrogen-bond donors (Lipinski definition) is 1. The van der Waals surface area contributed by atoms with Crippen molar-refractivity contribution in [3.63, 3.8) is 0 Å². The third-order valence-electron chi connectivity index (χ3n) is 5.03. The molecule has 2 aromatic carbocycles. The molecular formula is C21H26FN3O3S. The highest BCUT2D eigenvalue weighted by molar-refractivity contribution is 7.89. The first-order valence-electron chi connectivity index (χ1n) is 9.63. The van der Waals surface area contributed by atoms with Gasteiger partial charge < -0.3 is 10.2 Å². The number of sulfonamides is 1. The lowest BCUT2D eigenvalue weighted by atomic mass is 10.1. The second kappa shape index (κ2) is 8.92. The number of amides is 1. The molecule has 1 heterocycles. The van der Waals surface area contributed by atoms with Gasteiger partial charge in [-0.15, -0.1) is 0 Å². The van der Waals surface area contributed by atoms with Gasteiger partial charge in [0.25, 0.3) is 5.91 Å². The van der Waals surface area contributed by atoms with Crippen LogP contribution in [0.5, 0.6) is 0 Å². The first-order chi connectivity index (χ1) is 13.8. The van der Waals surface area contributed by atoms with E-state index in [1.54, 1.807) is 24.3 Å². The lowest BCUT2D eigenvalue weighted by molar-refractivity contribution is 0.0951. The molecule has 29 heavy (non-hydrogen) atoms. The summed E-state index contributed by atoms with van der Waals surface area (Å²) in [5.41, 5.74) is 1.67. The van der Waals surface area contributed by atoms with Crippen LogP contribution in [0.3, 0.4) is 0 Å². The average Bonchev–Trinajstić information content (AvgIpc) is 2.72. The van der Waals surface area contributed by atoms with Crippen LogP contribution in [-0.2, 0) is 16.6 Å². The highest BCUT2D eigenvalue weighted by Crippen LogP contribution is 2.28. The van der Waals surface area contributed by atoms with Gasteiger partial charge in [-0.05, 0) is 55.2 Å². The van der Waals surface area contributed by atoms with Crippen LogP contribution in [0.4, 0.5) is 10.1 Å². The van der Waals surface area contributed by atoms with Crippen LogP contribution in [0.2, 0.25) is 0 Å². The number of nitrogens with zero attached hydrogens (tertiary/aromatic N) is 2. The van der Waals surface area contributed by atoms with Gasteiger partial charge in [0.05, 0.1) is 10.5 Å². The molecule has 0 saturated carbocycles. The van der Waals surface area contributed by atoms with Gasteiger partial charge in [0.1, 0.15) is 5.82 Å². The summed E-state index contributed by atoms with van der Waals surface area (Å²) in [6.07, 6.45) is 3.20. The quantitative estimate of drug-likeness (QED) is 0.782. The fourth-order valence-corrected chi connectivity index (χ4v) is 4.33. The Bertz CT molecular complexity index is 986. The molecule has 1 amide bonds. The fourth-order valence-electron chi connectivity index (χ4n) is 3.40. The first kappa shape index (κ1) is 21.3. The lowest BCUT2D eigenvalue weighted by Gasteiger charge is -2.30. The zero-order chi connectivity index (χ0) is 21.0. The highest BCUT2D eigenvalue weighted by atomic mass is 32.2. The summed E-state index contributed by atoms with van der Waals surface area (Å²) in [5.74, 6) is -0.754. The van der Waals surface area contributed by atoms with E-state index in [9.17, 15) is 17.6 Å². The second-order valence-electron chi connectivity index (χ2n) is 7.33. The van der Waals surface area contributed by atoms with Crippen molar-refractivity contribution in [3.05, 3.63) is 59.4 Å². The van der Waals surface area contributed by atoms with Crippen LogP contribution in [0.25, 0.3) is 0 Å². The largest absolute Gasteiger partial charge is 0.371 e. The number of halogens is 1. The van der Waals surface area contributed by atoms with Gasteiger partial charge in [0, 0.05) is 39.4 Å². The molecule has 1 aliphatic rings. The van der Waals surface area contributed by atoms with Crippen molar-refractivity contribution in [1.29, 1.82) is 0 Å². The Morgan fingerprint density at radius 3 is 2.48 bits per heavy atom. The smallest absolute Gasteiger partial charge is 0.253 e. The third kappa shape index (κ3) is 4.94. The third-order valence-corrected chi connectivity index (χ3v) is 6.84. The molecule has 6 nitrogen and oxygen atoms in total. The minimum Gasteiger partial charge on any atom is -0.371 e. The van der Waals surface area contributed by atoms with Crippen molar-refractivity contribution in [1.82, 2.24) is 9.62 Å². The summed E-state index contributed by atoms with van der Waals surface area (Å²) in [5, 5.41) is 2.79. The Hall–Kier alpha value is -2.45. The van der Waals surface area contributed by atoms with E-state index in [1.165, 1.54) is 32.3 Å². The van der Waals surface area contributed by atoms with E-state index in [1.807, 2.05) is 0 Å². The number of rotatable bonds is 6. The maximum Gasteiger partial charge on any atom is 0.253 e.